The van der Waals surface area contributed by atoms with Crippen molar-refractivity contribution in [3.63, 3.8) is 0 Å². The van der Waals surface area contributed by atoms with Gasteiger partial charge >= 0.3 is 0 Å². The van der Waals surface area contributed by atoms with E-state index in [4.69, 9.17) is 5.73 Å². The zero-order valence-corrected chi connectivity index (χ0v) is 11.4. The molecule has 0 atom stereocenters. The highest BCUT2D eigenvalue weighted by molar-refractivity contribution is 9.10. The van der Waals surface area contributed by atoms with Crippen LogP contribution in [0.1, 0.15) is 11.4 Å². The Bertz CT molecular complexity index is 522. The first kappa shape index (κ1) is 12.3. The zero-order valence-electron chi connectivity index (χ0n) is 9.02. The van der Waals surface area contributed by atoms with Gasteiger partial charge in [0.15, 0.2) is 0 Å². The third-order valence-electron chi connectivity index (χ3n) is 2.28. The maximum atomic E-state index is 10.7. The monoisotopic (exact) mass is 310 g/mol. The summed E-state index contributed by atoms with van der Waals surface area (Å²) < 4.78 is 1.05. The number of thiazole rings is 1. The second-order valence-corrected chi connectivity index (χ2v) is 5.46. The number of nitrogens with two attached hydrogens (primary N) is 1. The van der Waals surface area contributed by atoms with E-state index in [-0.39, 0.29) is 5.91 Å². The summed E-state index contributed by atoms with van der Waals surface area (Å²) in [4.78, 5) is 15.2. The van der Waals surface area contributed by atoms with Crippen LogP contribution >= 0.6 is 27.3 Å². The molecule has 17 heavy (non-hydrogen) atoms. The van der Waals surface area contributed by atoms with Gasteiger partial charge in [-0.2, -0.15) is 0 Å². The minimum Gasteiger partial charge on any atom is -0.370 e. The molecule has 3 nitrogen and oxygen atoms in total. The Hall–Kier alpha value is -1.20. The molecule has 0 radical (unpaired) electrons. The summed E-state index contributed by atoms with van der Waals surface area (Å²) in [6.45, 7) is 0. The molecule has 0 aliphatic rings. The molecule has 2 rings (SSSR count). The molecule has 1 heterocycles. The van der Waals surface area contributed by atoms with Crippen LogP contribution in [0.4, 0.5) is 0 Å². The highest BCUT2D eigenvalue weighted by atomic mass is 79.9. The van der Waals surface area contributed by atoms with Gasteiger partial charge in [0.2, 0.25) is 5.91 Å². The lowest BCUT2D eigenvalue weighted by molar-refractivity contribution is -0.117. The lowest BCUT2D eigenvalue weighted by Gasteiger charge is -1.96. The number of carbonyl (C=O) groups is 1. The first-order chi connectivity index (χ1) is 8.15. The number of rotatable bonds is 4. The van der Waals surface area contributed by atoms with E-state index < -0.39 is 0 Å². The Morgan fingerprint density at radius 1 is 1.35 bits per heavy atom. The van der Waals surface area contributed by atoms with E-state index in [9.17, 15) is 4.79 Å². The van der Waals surface area contributed by atoms with Crippen LogP contribution in [-0.4, -0.2) is 10.9 Å². The largest absolute Gasteiger partial charge is 0.370 e. The van der Waals surface area contributed by atoms with Gasteiger partial charge in [0.25, 0.3) is 0 Å². The second kappa shape index (κ2) is 5.42. The average Bonchev–Trinajstić information content (AvgIpc) is 2.76. The van der Waals surface area contributed by atoms with Crippen molar-refractivity contribution in [3.05, 3.63) is 39.1 Å². The van der Waals surface area contributed by atoms with Crippen LogP contribution in [0.15, 0.2) is 34.1 Å². The number of amides is 1. The Morgan fingerprint density at radius 3 is 2.71 bits per heavy atom. The molecule has 1 amide bonds. The number of halogens is 1. The molecule has 0 aliphatic heterocycles. The molecular formula is C12H11BrN2OS. The van der Waals surface area contributed by atoms with Crippen LogP contribution in [0.5, 0.6) is 0 Å². The number of aromatic nitrogens is 1. The molecule has 5 heteroatoms. The molecule has 2 aromatic rings. The number of primary amides is 1. The predicted octanol–water partition coefficient (Wildman–Crippen LogP) is 2.99. The van der Waals surface area contributed by atoms with Gasteiger partial charge < -0.3 is 5.73 Å². The summed E-state index contributed by atoms with van der Waals surface area (Å²) in [7, 11) is 0. The molecule has 88 valence electrons. The fraction of sp³-hybridized carbons (Fsp3) is 0.167. The topological polar surface area (TPSA) is 56.0 Å². The number of aryl methyl sites for hydroxylation is 1. The zero-order chi connectivity index (χ0) is 12.3. The molecular weight excluding hydrogens is 300 g/mol. The first-order valence-corrected chi connectivity index (χ1v) is 6.81. The van der Waals surface area contributed by atoms with Crippen molar-refractivity contribution >= 4 is 33.2 Å². The van der Waals surface area contributed by atoms with E-state index in [0.717, 1.165) is 20.7 Å². The smallest absolute Gasteiger partial charge is 0.217 e. The quantitative estimate of drug-likeness (QED) is 0.943. The average molecular weight is 311 g/mol. The minimum atomic E-state index is -0.287. The fourth-order valence-corrected chi connectivity index (χ4v) is 2.48. The van der Waals surface area contributed by atoms with Gasteiger partial charge in [-0.25, -0.2) is 4.98 Å². The number of hydrogen-bond donors (Lipinski definition) is 1. The van der Waals surface area contributed by atoms with Crippen LogP contribution in [0.25, 0.3) is 11.3 Å². The third kappa shape index (κ3) is 3.38. The third-order valence-corrected chi connectivity index (χ3v) is 3.71. The van der Waals surface area contributed by atoms with Crippen LogP contribution in [0.2, 0.25) is 0 Å². The van der Waals surface area contributed by atoms with Gasteiger partial charge in [-0.1, -0.05) is 28.1 Å². The van der Waals surface area contributed by atoms with E-state index in [1.54, 1.807) is 11.3 Å². The van der Waals surface area contributed by atoms with Crippen LogP contribution in [0.3, 0.4) is 0 Å². The van der Waals surface area contributed by atoms with E-state index in [0.29, 0.717) is 12.8 Å². The Morgan fingerprint density at radius 2 is 2.06 bits per heavy atom. The normalized spacial score (nSPS) is 10.4. The minimum absolute atomic E-state index is 0.287. The molecule has 0 spiro atoms. The van der Waals surface area contributed by atoms with Gasteiger partial charge in [0.1, 0.15) is 0 Å². The molecule has 0 fully saturated rings. The van der Waals surface area contributed by atoms with Gasteiger partial charge in [-0.3, -0.25) is 4.79 Å². The van der Waals surface area contributed by atoms with Crippen molar-refractivity contribution in [2.24, 2.45) is 5.73 Å². The number of nitrogens with zero attached hydrogens (tertiary/aromatic N) is 1. The number of carbonyl (C=O) groups excluding carboxylic acids is 1. The predicted molar refractivity (Wildman–Crippen MR) is 72.8 cm³/mol. The van der Waals surface area contributed by atoms with Crippen molar-refractivity contribution in [2.45, 2.75) is 12.8 Å². The number of benzene rings is 1. The second-order valence-electron chi connectivity index (χ2n) is 3.60. The Labute approximate surface area is 112 Å². The van der Waals surface area contributed by atoms with E-state index in [1.165, 1.54) is 0 Å². The highest BCUT2D eigenvalue weighted by Gasteiger charge is 2.05. The van der Waals surface area contributed by atoms with Crippen molar-refractivity contribution in [1.29, 1.82) is 0 Å². The van der Waals surface area contributed by atoms with Gasteiger partial charge in [-0.05, 0) is 12.1 Å². The van der Waals surface area contributed by atoms with Crippen LogP contribution in [-0.2, 0) is 11.2 Å². The summed E-state index contributed by atoms with van der Waals surface area (Å²) in [5, 5.41) is 2.95. The van der Waals surface area contributed by atoms with Crippen molar-refractivity contribution in [1.82, 2.24) is 4.98 Å². The Kier molecular flexibility index (Phi) is 3.91. The molecule has 0 saturated heterocycles. The first-order valence-electron chi connectivity index (χ1n) is 5.14. The molecule has 0 unspecified atom stereocenters. The summed E-state index contributed by atoms with van der Waals surface area (Å²) in [5.74, 6) is -0.287. The maximum Gasteiger partial charge on any atom is 0.217 e. The van der Waals surface area contributed by atoms with Gasteiger partial charge in [-0.15, -0.1) is 11.3 Å². The Balaban J connectivity index is 2.12. The SMILES string of the molecule is NC(=O)CCc1nc(-c2ccc(Br)cc2)cs1. The molecule has 0 saturated carbocycles. The summed E-state index contributed by atoms with van der Waals surface area (Å²) in [6.07, 6.45) is 0.976. The summed E-state index contributed by atoms with van der Waals surface area (Å²) in [5.41, 5.74) is 7.13. The lowest BCUT2D eigenvalue weighted by Crippen LogP contribution is -2.11. The molecule has 2 N–H and O–H groups in total. The summed E-state index contributed by atoms with van der Waals surface area (Å²) in [6, 6.07) is 7.99. The van der Waals surface area contributed by atoms with Crippen molar-refractivity contribution < 1.29 is 4.79 Å². The molecule has 1 aromatic carbocycles. The van der Waals surface area contributed by atoms with E-state index >= 15 is 0 Å². The van der Waals surface area contributed by atoms with Crippen LogP contribution in [0, 0.1) is 0 Å². The van der Waals surface area contributed by atoms with Gasteiger partial charge in [0, 0.05) is 28.3 Å². The van der Waals surface area contributed by atoms with E-state index in [2.05, 4.69) is 20.9 Å². The standard InChI is InChI=1S/C12H11BrN2OS/c13-9-3-1-8(2-4-9)10-7-17-12(15-10)6-5-11(14)16/h1-4,7H,5-6H2,(H2,14,16). The van der Waals surface area contributed by atoms with Crippen molar-refractivity contribution in [2.75, 3.05) is 0 Å². The maximum absolute atomic E-state index is 10.7. The van der Waals surface area contributed by atoms with Crippen LogP contribution < -0.4 is 5.73 Å². The lowest BCUT2D eigenvalue weighted by atomic mass is 10.2. The summed E-state index contributed by atoms with van der Waals surface area (Å²) >= 11 is 4.95. The fourth-order valence-electron chi connectivity index (χ4n) is 1.41. The molecule has 0 aliphatic carbocycles. The highest BCUT2D eigenvalue weighted by Crippen LogP contribution is 2.24. The molecule has 1 aromatic heterocycles. The number of hydrogen-bond acceptors (Lipinski definition) is 3. The van der Waals surface area contributed by atoms with E-state index in [1.807, 2.05) is 29.6 Å². The molecule has 0 bridgehead atoms. The van der Waals surface area contributed by atoms with Crippen molar-refractivity contribution in [3.8, 4) is 11.3 Å². The van der Waals surface area contributed by atoms with Gasteiger partial charge in [0.05, 0.1) is 10.7 Å².